The van der Waals surface area contributed by atoms with Gasteiger partial charge in [-0.15, -0.1) is 0 Å². The summed E-state index contributed by atoms with van der Waals surface area (Å²) < 4.78 is 50.4. The van der Waals surface area contributed by atoms with Gasteiger partial charge in [-0.05, 0) is 38.8 Å². The SMILES string of the molecule is CC(C)(C)OC(=O)N1[C@@H](Cc2ccc(C=O)cc2Br)CO[C@H]1C(F)(F)F. The molecule has 5 nitrogen and oxygen atoms in total. The van der Waals surface area contributed by atoms with Crippen molar-refractivity contribution in [1.29, 1.82) is 0 Å². The van der Waals surface area contributed by atoms with E-state index in [9.17, 15) is 22.8 Å². The smallest absolute Gasteiger partial charge is 0.433 e. The normalized spacial score (nSPS) is 21.0. The lowest BCUT2D eigenvalue weighted by Crippen LogP contribution is -2.51. The molecule has 0 aliphatic carbocycles. The van der Waals surface area contributed by atoms with Crippen LogP contribution in [0.5, 0.6) is 0 Å². The molecule has 2 rings (SSSR count). The molecule has 144 valence electrons. The summed E-state index contributed by atoms with van der Waals surface area (Å²) in [7, 11) is 0. The number of halogens is 4. The van der Waals surface area contributed by atoms with Gasteiger partial charge in [0, 0.05) is 10.0 Å². The molecule has 0 bridgehead atoms. The summed E-state index contributed by atoms with van der Waals surface area (Å²) in [6.45, 7) is 4.46. The van der Waals surface area contributed by atoms with Crippen molar-refractivity contribution in [1.82, 2.24) is 4.90 Å². The van der Waals surface area contributed by atoms with Gasteiger partial charge >= 0.3 is 12.3 Å². The highest BCUT2D eigenvalue weighted by molar-refractivity contribution is 9.10. The van der Waals surface area contributed by atoms with E-state index in [1.165, 1.54) is 0 Å². The van der Waals surface area contributed by atoms with Gasteiger partial charge < -0.3 is 9.47 Å². The maximum absolute atomic E-state index is 13.3. The van der Waals surface area contributed by atoms with Crippen LogP contribution in [0.15, 0.2) is 22.7 Å². The fourth-order valence-corrected chi connectivity index (χ4v) is 3.14. The maximum atomic E-state index is 13.3. The minimum Gasteiger partial charge on any atom is -0.444 e. The summed E-state index contributed by atoms with van der Waals surface area (Å²) in [5, 5.41) is 0. The Hall–Kier alpha value is -1.61. The number of aldehydes is 1. The molecule has 1 aromatic rings. The summed E-state index contributed by atoms with van der Waals surface area (Å²) in [5.74, 6) is 0. The summed E-state index contributed by atoms with van der Waals surface area (Å²) in [6.07, 6.45) is -7.38. The van der Waals surface area contributed by atoms with Gasteiger partial charge in [0.05, 0.1) is 12.6 Å². The Kier molecular flexibility index (Phi) is 6.02. The van der Waals surface area contributed by atoms with Crippen LogP contribution in [0.1, 0.15) is 36.7 Å². The van der Waals surface area contributed by atoms with E-state index < -0.39 is 30.1 Å². The first-order chi connectivity index (χ1) is 11.9. The zero-order valence-corrected chi connectivity index (χ0v) is 16.1. The third-order valence-corrected chi connectivity index (χ3v) is 4.38. The Bertz CT molecular complexity index is 688. The van der Waals surface area contributed by atoms with Crippen molar-refractivity contribution in [3.8, 4) is 0 Å². The van der Waals surface area contributed by atoms with Gasteiger partial charge in [0.25, 0.3) is 0 Å². The predicted octanol–water partition coefficient (Wildman–Crippen LogP) is 4.33. The summed E-state index contributed by atoms with van der Waals surface area (Å²) in [6, 6.07) is 3.90. The van der Waals surface area contributed by atoms with Crippen molar-refractivity contribution in [2.24, 2.45) is 0 Å². The molecule has 0 N–H and O–H groups in total. The van der Waals surface area contributed by atoms with Gasteiger partial charge in [-0.3, -0.25) is 9.69 Å². The van der Waals surface area contributed by atoms with Gasteiger partial charge in [-0.1, -0.05) is 28.1 Å². The van der Waals surface area contributed by atoms with Crippen LogP contribution < -0.4 is 0 Å². The molecule has 2 atom stereocenters. The highest BCUT2D eigenvalue weighted by Gasteiger charge is 2.54. The number of rotatable bonds is 3. The lowest BCUT2D eigenvalue weighted by Gasteiger charge is -2.31. The van der Waals surface area contributed by atoms with E-state index in [0.717, 1.165) is 0 Å². The number of carbonyl (C=O) groups excluding carboxylic acids is 2. The zero-order valence-electron chi connectivity index (χ0n) is 14.5. The molecule has 0 saturated carbocycles. The second-order valence-corrected chi connectivity index (χ2v) is 7.80. The number of nitrogens with zero attached hydrogens (tertiary/aromatic N) is 1. The lowest BCUT2D eigenvalue weighted by molar-refractivity contribution is -0.236. The third kappa shape index (κ3) is 4.97. The van der Waals surface area contributed by atoms with Gasteiger partial charge in [-0.2, -0.15) is 13.2 Å². The Morgan fingerprint density at radius 1 is 1.38 bits per heavy atom. The van der Waals surface area contributed by atoms with E-state index in [0.29, 0.717) is 26.8 Å². The van der Waals surface area contributed by atoms with Gasteiger partial charge in [0.2, 0.25) is 6.23 Å². The second kappa shape index (κ2) is 7.56. The number of ether oxygens (including phenoxy) is 2. The van der Waals surface area contributed by atoms with Crippen LogP contribution in [0.25, 0.3) is 0 Å². The van der Waals surface area contributed by atoms with Crippen molar-refractivity contribution in [2.75, 3.05) is 6.61 Å². The highest BCUT2D eigenvalue weighted by atomic mass is 79.9. The Balaban J connectivity index is 2.28. The number of alkyl halides is 3. The molecular formula is C17H19BrF3NO4. The third-order valence-electron chi connectivity index (χ3n) is 3.65. The van der Waals surface area contributed by atoms with E-state index in [2.05, 4.69) is 15.9 Å². The van der Waals surface area contributed by atoms with E-state index in [4.69, 9.17) is 9.47 Å². The molecule has 0 unspecified atom stereocenters. The average Bonchev–Trinajstić information content (AvgIpc) is 2.91. The van der Waals surface area contributed by atoms with Crippen LogP contribution in [0, 0.1) is 0 Å². The van der Waals surface area contributed by atoms with Crippen LogP contribution in [0.2, 0.25) is 0 Å². The number of hydrogen-bond donors (Lipinski definition) is 0. The molecule has 0 radical (unpaired) electrons. The van der Waals surface area contributed by atoms with Crippen LogP contribution >= 0.6 is 15.9 Å². The van der Waals surface area contributed by atoms with Crippen LogP contribution in [-0.4, -0.2) is 47.9 Å². The fraction of sp³-hybridized carbons (Fsp3) is 0.529. The Morgan fingerprint density at radius 2 is 2.04 bits per heavy atom. The van der Waals surface area contributed by atoms with Gasteiger partial charge in [0.1, 0.15) is 11.9 Å². The minimum atomic E-state index is -4.73. The summed E-state index contributed by atoms with van der Waals surface area (Å²) in [4.78, 5) is 23.8. The molecule has 1 aliphatic rings. The topological polar surface area (TPSA) is 55.8 Å². The molecule has 0 aromatic heterocycles. The first kappa shape index (κ1) is 20.7. The highest BCUT2D eigenvalue weighted by Crippen LogP contribution is 2.34. The monoisotopic (exact) mass is 437 g/mol. The number of amides is 1. The van der Waals surface area contributed by atoms with Crippen molar-refractivity contribution in [3.05, 3.63) is 33.8 Å². The van der Waals surface area contributed by atoms with Crippen LogP contribution in [-0.2, 0) is 15.9 Å². The molecule has 1 aromatic carbocycles. The Labute approximate surface area is 157 Å². The molecule has 1 fully saturated rings. The largest absolute Gasteiger partial charge is 0.444 e. The van der Waals surface area contributed by atoms with E-state index >= 15 is 0 Å². The summed E-state index contributed by atoms with van der Waals surface area (Å²) in [5.41, 5.74) is 0.146. The molecule has 1 heterocycles. The van der Waals surface area contributed by atoms with Crippen molar-refractivity contribution >= 4 is 28.3 Å². The average molecular weight is 438 g/mol. The number of hydrogen-bond acceptors (Lipinski definition) is 4. The molecule has 1 saturated heterocycles. The molecule has 1 amide bonds. The van der Waals surface area contributed by atoms with E-state index in [1.807, 2.05) is 0 Å². The second-order valence-electron chi connectivity index (χ2n) is 6.94. The molecule has 9 heteroatoms. The molecule has 26 heavy (non-hydrogen) atoms. The van der Waals surface area contributed by atoms with E-state index in [-0.39, 0.29) is 13.0 Å². The fourth-order valence-electron chi connectivity index (χ4n) is 2.58. The quantitative estimate of drug-likeness (QED) is 0.660. The van der Waals surface area contributed by atoms with Crippen molar-refractivity contribution in [2.45, 2.75) is 51.2 Å². The zero-order chi connectivity index (χ0) is 19.7. The molecule has 1 aliphatic heterocycles. The first-order valence-corrected chi connectivity index (χ1v) is 8.65. The molecule has 0 spiro atoms. The van der Waals surface area contributed by atoms with Crippen LogP contribution in [0.4, 0.5) is 18.0 Å². The Morgan fingerprint density at radius 3 is 2.54 bits per heavy atom. The van der Waals surface area contributed by atoms with Crippen molar-refractivity contribution < 1.29 is 32.2 Å². The van der Waals surface area contributed by atoms with Gasteiger partial charge in [-0.25, -0.2) is 4.79 Å². The minimum absolute atomic E-state index is 0.117. The standard InChI is InChI=1S/C17H19BrF3NO4/c1-16(2,3)26-15(24)22-12(9-25-14(22)17(19,20)21)7-11-5-4-10(8-23)6-13(11)18/h4-6,8,12,14H,7,9H2,1-3H3/t12-,14-/m0/s1. The van der Waals surface area contributed by atoms with Crippen LogP contribution in [0.3, 0.4) is 0 Å². The number of carbonyl (C=O) groups is 2. The van der Waals surface area contributed by atoms with Gasteiger partial charge in [0.15, 0.2) is 0 Å². The maximum Gasteiger partial charge on any atom is 0.433 e. The lowest BCUT2D eigenvalue weighted by atomic mass is 10.0. The summed E-state index contributed by atoms with van der Waals surface area (Å²) >= 11 is 3.30. The van der Waals surface area contributed by atoms with E-state index in [1.54, 1.807) is 39.0 Å². The number of benzene rings is 1. The predicted molar refractivity (Wildman–Crippen MR) is 90.9 cm³/mol. The first-order valence-electron chi connectivity index (χ1n) is 7.85. The molecular weight excluding hydrogens is 419 g/mol. The van der Waals surface area contributed by atoms with Crippen molar-refractivity contribution in [3.63, 3.8) is 0 Å².